The molecule has 0 saturated carbocycles. The van der Waals surface area contributed by atoms with Crippen LogP contribution in [0.3, 0.4) is 0 Å². The summed E-state index contributed by atoms with van der Waals surface area (Å²) in [4.78, 5) is 3.59. The third kappa shape index (κ3) is 6.28. The highest BCUT2D eigenvalue weighted by Gasteiger charge is 2.14. The summed E-state index contributed by atoms with van der Waals surface area (Å²) >= 11 is 1.75. The second-order valence-corrected chi connectivity index (χ2v) is 6.80. The summed E-state index contributed by atoms with van der Waals surface area (Å²) in [6, 6.07) is 14.6. The molecule has 2 aromatic rings. The van der Waals surface area contributed by atoms with Crippen LogP contribution in [0.1, 0.15) is 24.3 Å². The first-order valence-corrected chi connectivity index (χ1v) is 8.60. The highest BCUT2D eigenvalue weighted by molar-refractivity contribution is 7.09. The first kappa shape index (κ1) is 17.2. The Balaban J connectivity index is 1.94. The van der Waals surface area contributed by atoms with E-state index in [0.29, 0.717) is 13.2 Å². The fourth-order valence-corrected chi connectivity index (χ4v) is 3.05. The van der Waals surface area contributed by atoms with Crippen LogP contribution in [0, 0.1) is 0 Å². The van der Waals surface area contributed by atoms with Gasteiger partial charge in [-0.25, -0.2) is 0 Å². The van der Waals surface area contributed by atoms with Gasteiger partial charge in [-0.3, -0.25) is 4.90 Å². The lowest BCUT2D eigenvalue weighted by Gasteiger charge is -2.25. The molecule has 0 fully saturated rings. The third-order valence-electron chi connectivity index (χ3n) is 3.30. The predicted octanol–water partition coefficient (Wildman–Crippen LogP) is 3.54. The van der Waals surface area contributed by atoms with E-state index in [1.807, 2.05) is 19.9 Å². The number of hydrogen-bond acceptors (Lipinski definition) is 4. The van der Waals surface area contributed by atoms with Crippen LogP contribution in [-0.2, 0) is 17.8 Å². The quantitative estimate of drug-likeness (QED) is 0.767. The van der Waals surface area contributed by atoms with Crippen molar-refractivity contribution in [3.05, 3.63) is 58.3 Å². The number of thiophene rings is 1. The van der Waals surface area contributed by atoms with Crippen LogP contribution in [-0.4, -0.2) is 35.4 Å². The standard InChI is InChI=1S/C18H25NO2S/c1-15(2)21-14-17(20)12-19(13-18-9-6-10-22-18)11-16-7-4-3-5-8-16/h3-10,15,17,20H,11-14H2,1-2H3. The molecule has 0 amide bonds. The Hall–Kier alpha value is -1.20. The maximum absolute atomic E-state index is 10.2. The molecule has 0 spiro atoms. The van der Waals surface area contributed by atoms with Crippen molar-refractivity contribution >= 4 is 11.3 Å². The monoisotopic (exact) mass is 319 g/mol. The molecule has 0 aliphatic heterocycles. The van der Waals surface area contributed by atoms with E-state index in [2.05, 4.69) is 46.7 Å². The van der Waals surface area contributed by atoms with Gasteiger partial charge in [-0.15, -0.1) is 11.3 Å². The second-order valence-electron chi connectivity index (χ2n) is 5.77. The number of hydrogen-bond donors (Lipinski definition) is 1. The fourth-order valence-electron chi connectivity index (χ4n) is 2.30. The molecular formula is C18H25NO2S. The van der Waals surface area contributed by atoms with Crippen LogP contribution < -0.4 is 0 Å². The van der Waals surface area contributed by atoms with E-state index in [-0.39, 0.29) is 6.10 Å². The molecule has 0 radical (unpaired) electrons. The summed E-state index contributed by atoms with van der Waals surface area (Å²) < 4.78 is 5.52. The molecule has 4 heteroatoms. The van der Waals surface area contributed by atoms with Crippen LogP contribution in [0.4, 0.5) is 0 Å². The average Bonchev–Trinajstić information content (AvgIpc) is 2.99. The van der Waals surface area contributed by atoms with Crippen LogP contribution in [0.2, 0.25) is 0 Å². The molecule has 1 heterocycles. The van der Waals surface area contributed by atoms with Crippen molar-refractivity contribution in [2.24, 2.45) is 0 Å². The van der Waals surface area contributed by atoms with Crippen molar-refractivity contribution in [2.45, 2.75) is 39.1 Å². The Bertz CT molecular complexity index is 513. The van der Waals surface area contributed by atoms with Gasteiger partial charge in [0.1, 0.15) is 0 Å². The van der Waals surface area contributed by atoms with Crippen LogP contribution in [0.25, 0.3) is 0 Å². The SMILES string of the molecule is CC(C)OCC(O)CN(Cc1ccccc1)Cc1cccs1. The van der Waals surface area contributed by atoms with Gasteiger partial charge >= 0.3 is 0 Å². The summed E-state index contributed by atoms with van der Waals surface area (Å²) in [7, 11) is 0. The van der Waals surface area contributed by atoms with E-state index in [4.69, 9.17) is 4.74 Å². The molecule has 1 unspecified atom stereocenters. The van der Waals surface area contributed by atoms with Crippen LogP contribution in [0.15, 0.2) is 47.8 Å². The van der Waals surface area contributed by atoms with Gasteiger partial charge in [0.25, 0.3) is 0 Å². The Morgan fingerprint density at radius 3 is 2.50 bits per heavy atom. The molecule has 0 saturated heterocycles. The maximum Gasteiger partial charge on any atom is 0.0900 e. The minimum atomic E-state index is -0.467. The summed E-state index contributed by atoms with van der Waals surface area (Å²) in [6.07, 6.45) is -0.319. The smallest absolute Gasteiger partial charge is 0.0900 e. The van der Waals surface area contributed by atoms with E-state index in [0.717, 1.165) is 13.1 Å². The lowest BCUT2D eigenvalue weighted by atomic mass is 10.2. The van der Waals surface area contributed by atoms with Crippen molar-refractivity contribution in [2.75, 3.05) is 13.2 Å². The van der Waals surface area contributed by atoms with Gasteiger partial charge in [-0.05, 0) is 30.9 Å². The number of rotatable bonds is 9. The first-order valence-electron chi connectivity index (χ1n) is 7.72. The average molecular weight is 319 g/mol. The lowest BCUT2D eigenvalue weighted by Crippen LogP contribution is -2.34. The Labute approximate surface area is 137 Å². The molecule has 1 aromatic heterocycles. The Kier molecular flexibility index (Phi) is 7.06. The fraction of sp³-hybridized carbons (Fsp3) is 0.444. The van der Waals surface area contributed by atoms with E-state index >= 15 is 0 Å². The normalized spacial score (nSPS) is 13.0. The van der Waals surface area contributed by atoms with Crippen molar-refractivity contribution in [3.63, 3.8) is 0 Å². The summed E-state index contributed by atoms with van der Waals surface area (Å²) in [5, 5.41) is 12.3. The van der Waals surface area contributed by atoms with E-state index in [1.165, 1.54) is 10.4 Å². The van der Waals surface area contributed by atoms with Gasteiger partial charge in [0, 0.05) is 24.5 Å². The number of ether oxygens (including phenoxy) is 1. The van der Waals surface area contributed by atoms with Gasteiger partial charge in [-0.1, -0.05) is 36.4 Å². The van der Waals surface area contributed by atoms with Gasteiger partial charge in [0.15, 0.2) is 0 Å². The van der Waals surface area contributed by atoms with Crippen molar-refractivity contribution in [1.82, 2.24) is 4.90 Å². The highest BCUT2D eigenvalue weighted by atomic mass is 32.1. The maximum atomic E-state index is 10.2. The third-order valence-corrected chi connectivity index (χ3v) is 4.16. The minimum absolute atomic E-state index is 0.148. The highest BCUT2D eigenvalue weighted by Crippen LogP contribution is 2.15. The van der Waals surface area contributed by atoms with E-state index in [1.54, 1.807) is 11.3 Å². The largest absolute Gasteiger partial charge is 0.389 e. The molecular weight excluding hydrogens is 294 g/mol. The predicted molar refractivity (Wildman–Crippen MR) is 92.0 cm³/mol. The molecule has 120 valence electrons. The zero-order valence-corrected chi connectivity index (χ0v) is 14.1. The van der Waals surface area contributed by atoms with Gasteiger partial charge < -0.3 is 9.84 Å². The number of benzene rings is 1. The van der Waals surface area contributed by atoms with E-state index < -0.39 is 6.10 Å². The molecule has 1 N–H and O–H groups in total. The topological polar surface area (TPSA) is 32.7 Å². The Morgan fingerprint density at radius 2 is 1.86 bits per heavy atom. The molecule has 3 nitrogen and oxygen atoms in total. The summed E-state index contributed by atoms with van der Waals surface area (Å²) in [5.74, 6) is 0. The van der Waals surface area contributed by atoms with Crippen LogP contribution in [0.5, 0.6) is 0 Å². The molecule has 0 aliphatic carbocycles. The van der Waals surface area contributed by atoms with Crippen molar-refractivity contribution < 1.29 is 9.84 Å². The Morgan fingerprint density at radius 1 is 1.09 bits per heavy atom. The van der Waals surface area contributed by atoms with Crippen molar-refractivity contribution in [1.29, 1.82) is 0 Å². The molecule has 22 heavy (non-hydrogen) atoms. The zero-order chi connectivity index (χ0) is 15.8. The summed E-state index contributed by atoms with van der Waals surface area (Å²) in [6.45, 7) is 6.65. The summed E-state index contributed by atoms with van der Waals surface area (Å²) in [5.41, 5.74) is 1.26. The zero-order valence-electron chi connectivity index (χ0n) is 13.3. The van der Waals surface area contributed by atoms with Gasteiger partial charge in [0.05, 0.1) is 18.8 Å². The molecule has 0 aliphatic rings. The van der Waals surface area contributed by atoms with Crippen LogP contribution >= 0.6 is 11.3 Å². The van der Waals surface area contributed by atoms with E-state index in [9.17, 15) is 5.11 Å². The molecule has 2 rings (SSSR count). The number of aliphatic hydroxyl groups is 1. The minimum Gasteiger partial charge on any atom is -0.389 e. The van der Waals surface area contributed by atoms with Gasteiger partial charge in [0.2, 0.25) is 0 Å². The van der Waals surface area contributed by atoms with Gasteiger partial charge in [-0.2, -0.15) is 0 Å². The molecule has 0 bridgehead atoms. The second kappa shape index (κ2) is 9.06. The lowest BCUT2D eigenvalue weighted by molar-refractivity contribution is -0.0105. The number of aliphatic hydroxyl groups excluding tert-OH is 1. The number of nitrogens with zero attached hydrogens (tertiary/aromatic N) is 1. The molecule has 1 atom stereocenters. The first-order chi connectivity index (χ1) is 10.6. The molecule has 1 aromatic carbocycles. The van der Waals surface area contributed by atoms with Crippen molar-refractivity contribution in [3.8, 4) is 0 Å².